The van der Waals surface area contributed by atoms with E-state index in [9.17, 15) is 0 Å². The summed E-state index contributed by atoms with van der Waals surface area (Å²) in [6.07, 6.45) is 2.56. The number of methoxy groups -OCH3 is 1. The quantitative estimate of drug-likeness (QED) is 0.741. The molecule has 3 aromatic rings. The van der Waals surface area contributed by atoms with Gasteiger partial charge in [-0.05, 0) is 31.4 Å². The number of rotatable bonds is 3. The number of fused-ring (bicyclic) bond motifs is 2. The van der Waals surface area contributed by atoms with Crippen LogP contribution in [0, 0.1) is 0 Å². The number of benzene rings is 1. The summed E-state index contributed by atoms with van der Waals surface area (Å²) < 4.78 is 7.08. The molecule has 0 bridgehead atoms. The molecule has 6 nitrogen and oxygen atoms in total. The summed E-state index contributed by atoms with van der Waals surface area (Å²) in [7, 11) is 1.68. The van der Waals surface area contributed by atoms with E-state index in [0.717, 1.165) is 24.5 Å². The Morgan fingerprint density at radius 3 is 2.92 bits per heavy atom. The molecule has 0 fully saturated rings. The first-order valence-electron chi connectivity index (χ1n) is 8.16. The molecule has 1 aliphatic rings. The average Bonchev–Trinajstić information content (AvgIpc) is 3.03. The van der Waals surface area contributed by atoms with Crippen molar-refractivity contribution in [3.63, 3.8) is 0 Å². The fraction of sp³-hybridized carbons (Fsp3) is 0.389. The van der Waals surface area contributed by atoms with Crippen LogP contribution in [-0.2, 0) is 23.3 Å². The lowest BCUT2D eigenvalue weighted by Crippen LogP contribution is -2.47. The Balaban J connectivity index is 1.87. The summed E-state index contributed by atoms with van der Waals surface area (Å²) in [5, 5.41) is 4.38. The van der Waals surface area contributed by atoms with Crippen molar-refractivity contribution < 1.29 is 4.74 Å². The second-order valence-corrected chi connectivity index (χ2v) is 6.63. The average molecular weight is 323 g/mol. The smallest absolute Gasteiger partial charge is 0.254 e. The first-order chi connectivity index (χ1) is 11.6. The van der Waals surface area contributed by atoms with E-state index < -0.39 is 0 Å². The molecule has 124 valence electrons. The van der Waals surface area contributed by atoms with E-state index in [1.165, 1.54) is 11.1 Å². The molecular formula is C18H21N5O. The maximum absolute atomic E-state index is 5.27. The van der Waals surface area contributed by atoms with E-state index in [-0.39, 0.29) is 5.54 Å². The molecule has 24 heavy (non-hydrogen) atoms. The van der Waals surface area contributed by atoms with Crippen LogP contribution >= 0.6 is 0 Å². The van der Waals surface area contributed by atoms with Crippen molar-refractivity contribution in [3.05, 3.63) is 53.5 Å². The van der Waals surface area contributed by atoms with E-state index in [0.29, 0.717) is 12.4 Å². The van der Waals surface area contributed by atoms with Gasteiger partial charge in [0.2, 0.25) is 0 Å². The first kappa shape index (κ1) is 15.1. The van der Waals surface area contributed by atoms with Crippen molar-refractivity contribution in [1.82, 2.24) is 19.6 Å². The topological polar surface area (TPSA) is 55.6 Å². The molecule has 0 atom stereocenters. The third-order valence-corrected chi connectivity index (χ3v) is 4.81. The zero-order chi connectivity index (χ0) is 16.7. The Labute approximate surface area is 141 Å². The van der Waals surface area contributed by atoms with Crippen molar-refractivity contribution >= 4 is 11.6 Å². The number of ether oxygens (including phenoxy) is 1. The number of hydrogen-bond acceptors (Lipinski definition) is 5. The zero-order valence-electron chi connectivity index (χ0n) is 14.2. The maximum Gasteiger partial charge on any atom is 0.254 e. The summed E-state index contributed by atoms with van der Waals surface area (Å²) in [6.45, 7) is 5.89. The van der Waals surface area contributed by atoms with Crippen LogP contribution in [0.15, 0.2) is 36.7 Å². The van der Waals surface area contributed by atoms with Gasteiger partial charge >= 0.3 is 0 Å². The minimum Gasteiger partial charge on any atom is -0.378 e. The van der Waals surface area contributed by atoms with Crippen LogP contribution in [0.4, 0.5) is 5.82 Å². The summed E-state index contributed by atoms with van der Waals surface area (Å²) in [6, 6.07) is 10.7. The monoisotopic (exact) mass is 323 g/mol. The number of nitrogens with zero attached hydrogens (tertiary/aromatic N) is 5. The third kappa shape index (κ3) is 2.26. The van der Waals surface area contributed by atoms with E-state index in [4.69, 9.17) is 4.74 Å². The van der Waals surface area contributed by atoms with Gasteiger partial charge in [-0.1, -0.05) is 24.3 Å². The molecule has 1 aliphatic heterocycles. The lowest BCUT2D eigenvalue weighted by atomic mass is 9.83. The minimum absolute atomic E-state index is 0.139. The normalized spacial score (nSPS) is 16.4. The summed E-state index contributed by atoms with van der Waals surface area (Å²) in [5.41, 5.74) is 3.50. The highest BCUT2D eigenvalue weighted by molar-refractivity contribution is 5.54. The summed E-state index contributed by atoms with van der Waals surface area (Å²) >= 11 is 0. The van der Waals surface area contributed by atoms with Gasteiger partial charge in [0.15, 0.2) is 0 Å². The Morgan fingerprint density at radius 1 is 1.25 bits per heavy atom. The molecule has 3 heterocycles. The molecular weight excluding hydrogens is 302 g/mol. The van der Waals surface area contributed by atoms with Crippen LogP contribution in [0.2, 0.25) is 0 Å². The van der Waals surface area contributed by atoms with Gasteiger partial charge in [-0.25, -0.2) is 4.98 Å². The standard InChI is InChI=1S/C18H21N5O/c1-18(2)15-7-5-4-6-13(15)8-9-22(18)16-10-14(11-24-3)21-17-19-12-20-23(16)17/h4-7,10,12H,8-9,11H2,1-3H3. The molecule has 0 radical (unpaired) electrons. The molecule has 0 saturated heterocycles. The second kappa shape index (κ2) is 5.56. The molecule has 2 aromatic heterocycles. The van der Waals surface area contributed by atoms with Crippen molar-refractivity contribution in [3.8, 4) is 0 Å². The lowest BCUT2D eigenvalue weighted by molar-refractivity contribution is 0.181. The van der Waals surface area contributed by atoms with Crippen LogP contribution in [0.1, 0.15) is 30.7 Å². The molecule has 0 spiro atoms. The summed E-state index contributed by atoms with van der Waals surface area (Å²) in [5.74, 6) is 1.61. The van der Waals surface area contributed by atoms with Gasteiger partial charge in [0, 0.05) is 19.7 Å². The van der Waals surface area contributed by atoms with Crippen molar-refractivity contribution in [2.24, 2.45) is 0 Å². The third-order valence-electron chi connectivity index (χ3n) is 4.81. The maximum atomic E-state index is 5.27. The highest BCUT2D eigenvalue weighted by Crippen LogP contribution is 2.38. The Kier molecular flexibility index (Phi) is 3.49. The molecule has 6 heteroatoms. The zero-order valence-corrected chi connectivity index (χ0v) is 14.2. The Bertz CT molecular complexity index is 886. The number of hydrogen-bond donors (Lipinski definition) is 0. The van der Waals surface area contributed by atoms with Crippen LogP contribution in [0.25, 0.3) is 5.78 Å². The molecule has 0 unspecified atom stereocenters. The van der Waals surface area contributed by atoms with Crippen molar-refractivity contribution in [2.75, 3.05) is 18.6 Å². The van der Waals surface area contributed by atoms with Gasteiger partial charge in [-0.2, -0.15) is 14.6 Å². The van der Waals surface area contributed by atoms with Crippen LogP contribution in [-0.4, -0.2) is 33.2 Å². The van der Waals surface area contributed by atoms with Gasteiger partial charge in [0.1, 0.15) is 12.1 Å². The molecule has 0 amide bonds. The van der Waals surface area contributed by atoms with E-state index in [1.807, 2.05) is 4.52 Å². The van der Waals surface area contributed by atoms with Crippen molar-refractivity contribution in [1.29, 1.82) is 0 Å². The fourth-order valence-corrected chi connectivity index (χ4v) is 3.65. The SMILES string of the molecule is COCc1cc(N2CCc3ccccc3C2(C)C)n2ncnc2n1. The number of aromatic nitrogens is 4. The van der Waals surface area contributed by atoms with Gasteiger partial charge in [-0.15, -0.1) is 0 Å². The highest BCUT2D eigenvalue weighted by atomic mass is 16.5. The van der Waals surface area contributed by atoms with Gasteiger partial charge in [-0.3, -0.25) is 0 Å². The molecule has 0 aliphatic carbocycles. The molecule has 0 saturated carbocycles. The van der Waals surface area contributed by atoms with Crippen molar-refractivity contribution in [2.45, 2.75) is 32.4 Å². The molecule has 1 aromatic carbocycles. The lowest BCUT2D eigenvalue weighted by Gasteiger charge is -2.45. The minimum atomic E-state index is -0.139. The summed E-state index contributed by atoms with van der Waals surface area (Å²) in [4.78, 5) is 11.2. The van der Waals surface area contributed by atoms with Gasteiger partial charge < -0.3 is 9.64 Å². The van der Waals surface area contributed by atoms with Gasteiger partial charge in [0.25, 0.3) is 5.78 Å². The molecule has 4 rings (SSSR count). The first-order valence-corrected chi connectivity index (χ1v) is 8.16. The number of anilines is 1. The van der Waals surface area contributed by atoms with Gasteiger partial charge in [0.05, 0.1) is 17.8 Å². The predicted molar refractivity (Wildman–Crippen MR) is 92.0 cm³/mol. The Hall–Kier alpha value is -2.47. The largest absolute Gasteiger partial charge is 0.378 e. The second-order valence-electron chi connectivity index (χ2n) is 6.63. The molecule has 0 N–H and O–H groups in total. The fourth-order valence-electron chi connectivity index (χ4n) is 3.65. The van der Waals surface area contributed by atoms with E-state index in [2.05, 4.69) is 64.1 Å². The van der Waals surface area contributed by atoms with Crippen LogP contribution < -0.4 is 4.90 Å². The Morgan fingerprint density at radius 2 is 2.08 bits per heavy atom. The van der Waals surface area contributed by atoms with Crippen LogP contribution in [0.3, 0.4) is 0 Å². The predicted octanol–water partition coefficient (Wildman–Crippen LogP) is 2.57. The highest BCUT2D eigenvalue weighted by Gasteiger charge is 2.35. The van der Waals surface area contributed by atoms with E-state index in [1.54, 1.807) is 13.4 Å². The van der Waals surface area contributed by atoms with Crippen LogP contribution in [0.5, 0.6) is 0 Å². The van der Waals surface area contributed by atoms with E-state index >= 15 is 0 Å².